The number of carbonyl (C=O) groups is 5. The second-order valence-corrected chi connectivity index (χ2v) is 13.6. The minimum absolute atomic E-state index is 0.00488. The molecule has 15 heteroatoms. The number of hydrogen-bond donors (Lipinski definition) is 3. The van der Waals surface area contributed by atoms with Crippen molar-refractivity contribution in [3.63, 3.8) is 0 Å². The van der Waals surface area contributed by atoms with Crippen LogP contribution < -0.4 is 15.4 Å². The van der Waals surface area contributed by atoms with Gasteiger partial charge in [-0.05, 0) is 43.9 Å². The van der Waals surface area contributed by atoms with Gasteiger partial charge in [-0.25, -0.2) is 17.6 Å². The zero-order valence-corrected chi connectivity index (χ0v) is 24.9. The third kappa shape index (κ3) is 6.05. The molecule has 0 bridgehead atoms. The molecule has 4 aliphatic rings. The number of amides is 5. The molecular formula is C29H34FN5O8S. The van der Waals surface area contributed by atoms with Crippen molar-refractivity contribution in [2.45, 2.75) is 74.7 Å². The van der Waals surface area contributed by atoms with Crippen molar-refractivity contribution in [1.29, 1.82) is 0 Å². The molecule has 2 saturated carbocycles. The molecule has 2 aliphatic heterocycles. The maximum Gasteiger partial charge on any atom is 0.410 e. The first kappa shape index (κ1) is 31.2. The van der Waals surface area contributed by atoms with E-state index in [2.05, 4.69) is 28.5 Å². The van der Waals surface area contributed by atoms with Crippen molar-refractivity contribution in [3.8, 4) is 0 Å². The van der Waals surface area contributed by atoms with Crippen LogP contribution >= 0.6 is 0 Å². The van der Waals surface area contributed by atoms with E-state index in [0.29, 0.717) is 24.0 Å². The predicted molar refractivity (Wildman–Crippen MR) is 153 cm³/mol. The zero-order chi connectivity index (χ0) is 32.0. The van der Waals surface area contributed by atoms with E-state index >= 15 is 0 Å². The standard InChI is InChI=1S/C29H34FN5O8S/c1-4-18-12-29(18,27(39)33-44(41,42)20-9-10-20)32-25(37)23-11-19(14-35(23)26(38)16(3)31-24(36)5-2)43-28(40)34-13-17-7-6-8-22(30)21(17)15-34/h4-8,16,18-20,23H,1-2,9-15H2,3H3,(H,31,36)(H,32,37)(H,33,39). The smallest absolute Gasteiger partial charge is 0.410 e. The maximum absolute atomic E-state index is 14.2. The van der Waals surface area contributed by atoms with Gasteiger partial charge in [0.25, 0.3) is 5.91 Å². The lowest BCUT2D eigenvalue weighted by Gasteiger charge is -2.28. The summed E-state index contributed by atoms with van der Waals surface area (Å²) in [6.45, 7) is 8.37. The van der Waals surface area contributed by atoms with Gasteiger partial charge in [-0.3, -0.25) is 28.8 Å². The maximum atomic E-state index is 14.2. The number of ether oxygens (including phenoxy) is 1. The van der Waals surface area contributed by atoms with E-state index in [1.807, 2.05) is 0 Å². The molecule has 0 aromatic heterocycles. The minimum atomic E-state index is -3.90. The van der Waals surface area contributed by atoms with Crippen LogP contribution in [0.4, 0.5) is 9.18 Å². The van der Waals surface area contributed by atoms with Gasteiger partial charge in [0.05, 0.1) is 18.3 Å². The van der Waals surface area contributed by atoms with Crippen LogP contribution in [0.25, 0.3) is 0 Å². The van der Waals surface area contributed by atoms with Gasteiger partial charge in [0, 0.05) is 24.4 Å². The molecule has 236 valence electrons. The number of carbonyl (C=O) groups excluding carboxylic acids is 5. The molecule has 5 unspecified atom stereocenters. The van der Waals surface area contributed by atoms with Crippen LogP contribution in [0.3, 0.4) is 0 Å². The molecule has 5 atom stereocenters. The summed E-state index contributed by atoms with van der Waals surface area (Å²) in [5, 5.41) is 4.42. The van der Waals surface area contributed by atoms with Crippen molar-refractivity contribution in [3.05, 3.63) is 60.5 Å². The third-order valence-corrected chi connectivity index (χ3v) is 10.3. The molecule has 1 aromatic rings. The summed E-state index contributed by atoms with van der Waals surface area (Å²) in [6.07, 6.45) is 1.55. The van der Waals surface area contributed by atoms with Gasteiger partial charge in [0.1, 0.15) is 29.5 Å². The van der Waals surface area contributed by atoms with Crippen LogP contribution in [0.1, 0.15) is 43.7 Å². The number of sulfonamides is 1. The number of halogens is 1. The minimum Gasteiger partial charge on any atom is -0.444 e. The van der Waals surface area contributed by atoms with Crippen LogP contribution in [0.5, 0.6) is 0 Å². The van der Waals surface area contributed by atoms with Crippen molar-refractivity contribution < 1.29 is 41.5 Å². The Labute approximate surface area is 253 Å². The van der Waals surface area contributed by atoms with Crippen molar-refractivity contribution in [2.24, 2.45) is 5.92 Å². The van der Waals surface area contributed by atoms with Crippen LogP contribution in [-0.2, 0) is 47.0 Å². The number of fused-ring (bicyclic) bond motifs is 1. The summed E-state index contributed by atoms with van der Waals surface area (Å²) in [7, 11) is -3.90. The Morgan fingerprint density at radius 2 is 1.89 bits per heavy atom. The lowest BCUT2D eigenvalue weighted by molar-refractivity contribution is -0.141. The fourth-order valence-corrected chi connectivity index (χ4v) is 7.07. The summed E-state index contributed by atoms with van der Waals surface area (Å²) in [5.74, 6) is -3.92. The second-order valence-electron chi connectivity index (χ2n) is 11.6. The number of rotatable bonds is 10. The van der Waals surface area contributed by atoms with Crippen LogP contribution in [0, 0.1) is 11.7 Å². The van der Waals surface area contributed by atoms with Gasteiger partial charge in [0.2, 0.25) is 27.7 Å². The summed E-state index contributed by atoms with van der Waals surface area (Å²) in [4.78, 5) is 67.6. The highest BCUT2D eigenvalue weighted by molar-refractivity contribution is 7.91. The summed E-state index contributed by atoms with van der Waals surface area (Å²) in [6, 6.07) is 2.24. The highest BCUT2D eigenvalue weighted by atomic mass is 32.2. The Balaban J connectivity index is 1.32. The topological polar surface area (TPSA) is 171 Å². The lowest BCUT2D eigenvalue weighted by atomic mass is 10.1. The van der Waals surface area contributed by atoms with E-state index in [4.69, 9.17) is 4.74 Å². The van der Waals surface area contributed by atoms with Crippen LogP contribution in [-0.4, -0.2) is 83.5 Å². The van der Waals surface area contributed by atoms with E-state index in [0.717, 1.165) is 11.0 Å². The second kappa shape index (κ2) is 11.7. The van der Waals surface area contributed by atoms with Gasteiger partial charge < -0.3 is 20.3 Å². The van der Waals surface area contributed by atoms with Gasteiger partial charge >= 0.3 is 6.09 Å². The van der Waals surface area contributed by atoms with E-state index < -0.39 is 80.5 Å². The number of hydrogen-bond acceptors (Lipinski definition) is 8. The van der Waals surface area contributed by atoms with E-state index in [9.17, 15) is 36.8 Å². The number of likely N-dealkylation sites (tertiary alicyclic amines) is 1. The van der Waals surface area contributed by atoms with Gasteiger partial charge in [-0.1, -0.05) is 24.8 Å². The van der Waals surface area contributed by atoms with Gasteiger partial charge in [0.15, 0.2) is 0 Å². The predicted octanol–water partition coefficient (Wildman–Crippen LogP) is 0.607. The lowest BCUT2D eigenvalue weighted by Crippen LogP contribution is -2.58. The Morgan fingerprint density at radius 1 is 1.16 bits per heavy atom. The third-order valence-electron chi connectivity index (χ3n) is 8.46. The average Bonchev–Trinajstić information content (AvgIpc) is 3.87. The molecule has 5 rings (SSSR count). The Kier molecular flexibility index (Phi) is 8.27. The quantitative estimate of drug-likeness (QED) is 0.249. The largest absolute Gasteiger partial charge is 0.444 e. The summed E-state index contributed by atoms with van der Waals surface area (Å²) >= 11 is 0. The molecule has 0 spiro atoms. The summed E-state index contributed by atoms with van der Waals surface area (Å²) < 4.78 is 46.8. The molecule has 1 saturated heterocycles. The molecule has 3 fully saturated rings. The van der Waals surface area contributed by atoms with Crippen molar-refractivity contribution >= 4 is 39.7 Å². The first-order chi connectivity index (χ1) is 20.8. The highest BCUT2D eigenvalue weighted by Crippen LogP contribution is 2.45. The molecule has 44 heavy (non-hydrogen) atoms. The first-order valence-electron chi connectivity index (χ1n) is 14.3. The van der Waals surface area contributed by atoms with Gasteiger partial charge in [-0.15, -0.1) is 6.58 Å². The first-order valence-corrected chi connectivity index (χ1v) is 15.8. The van der Waals surface area contributed by atoms with E-state index in [1.54, 1.807) is 12.1 Å². The Hall–Kier alpha value is -4.27. The van der Waals surface area contributed by atoms with Crippen molar-refractivity contribution in [2.75, 3.05) is 6.54 Å². The van der Waals surface area contributed by atoms with Gasteiger partial charge in [-0.2, -0.15) is 0 Å². The Bertz CT molecular complexity index is 1550. The van der Waals surface area contributed by atoms with E-state index in [1.165, 1.54) is 24.0 Å². The fraction of sp³-hybridized carbons (Fsp3) is 0.483. The molecule has 2 aliphatic carbocycles. The monoisotopic (exact) mass is 631 g/mol. The number of nitrogens with zero attached hydrogens (tertiary/aromatic N) is 2. The van der Waals surface area contributed by atoms with E-state index in [-0.39, 0.29) is 32.5 Å². The fourth-order valence-electron chi connectivity index (χ4n) is 5.70. The molecule has 3 N–H and O–H groups in total. The van der Waals surface area contributed by atoms with Crippen LogP contribution in [0.2, 0.25) is 0 Å². The molecule has 5 amide bonds. The highest BCUT2D eigenvalue weighted by Gasteiger charge is 2.62. The number of nitrogens with one attached hydrogen (secondary N) is 3. The zero-order valence-electron chi connectivity index (χ0n) is 24.1. The Morgan fingerprint density at radius 3 is 2.50 bits per heavy atom. The number of benzene rings is 1. The molecule has 1 aromatic carbocycles. The normalized spacial score (nSPS) is 26.2. The molecule has 13 nitrogen and oxygen atoms in total. The summed E-state index contributed by atoms with van der Waals surface area (Å²) in [5.41, 5.74) is -0.564. The SMILES string of the molecule is C=CC(=O)NC(C)C(=O)N1CC(OC(=O)N2Cc3cccc(F)c3C2)CC1C(=O)NC1(C(=O)NS(=O)(=O)C2CC2)CC1C=C. The molecular weight excluding hydrogens is 597 g/mol. The molecule has 2 heterocycles. The average molecular weight is 632 g/mol. The van der Waals surface area contributed by atoms with Crippen molar-refractivity contribution in [1.82, 2.24) is 25.2 Å². The van der Waals surface area contributed by atoms with Crippen LogP contribution in [0.15, 0.2) is 43.5 Å². The molecule has 0 radical (unpaired) electrons.